The van der Waals surface area contributed by atoms with E-state index in [1.807, 2.05) is 6.20 Å². The van der Waals surface area contributed by atoms with Gasteiger partial charge in [-0.1, -0.05) is 36.4 Å². The van der Waals surface area contributed by atoms with Crippen molar-refractivity contribution in [3.8, 4) is 22.9 Å². The number of aryl methyl sites for hydroxylation is 3. The Kier molecular flexibility index (Phi) is 8.78. The Hall–Kier alpha value is -6.49. The Morgan fingerprint density at radius 3 is 2.00 bits per heavy atom. The molecule has 11 aromatic rings. The molecule has 0 saturated carbocycles. The van der Waals surface area contributed by atoms with Crippen molar-refractivity contribution >= 4 is 60.0 Å². The summed E-state index contributed by atoms with van der Waals surface area (Å²) in [7, 11) is 0. The molecule has 1 aliphatic rings. The fourth-order valence-corrected chi connectivity index (χ4v) is 11.3. The van der Waals surface area contributed by atoms with Crippen molar-refractivity contribution in [2.75, 3.05) is 0 Å². The molecule has 0 fully saturated rings. The minimum absolute atomic E-state index is 0.00852. The third-order valence-electron chi connectivity index (χ3n) is 13.6. The Balaban J connectivity index is 1.00. The van der Waals surface area contributed by atoms with Gasteiger partial charge < -0.3 is 4.40 Å². The topological polar surface area (TPSA) is 41.3 Å². The number of allylic oxidation sites excluding steroid dienone is 1. The Morgan fingerprint density at radius 2 is 1.28 bits per heavy atom. The molecule has 0 atom stereocenters. The van der Waals surface area contributed by atoms with Crippen LogP contribution in [0.1, 0.15) is 81.5 Å². The summed E-state index contributed by atoms with van der Waals surface area (Å²) in [6, 6.07) is 48.3. The van der Waals surface area contributed by atoms with Crippen molar-refractivity contribution in [3.05, 3.63) is 183 Å². The number of nitrogens with zero attached hydrogens (tertiary/aromatic N) is 5. The Labute approximate surface area is 389 Å². The molecule has 5 aromatic heterocycles. The number of benzene rings is 6. The molecule has 0 aliphatic heterocycles. The van der Waals surface area contributed by atoms with Crippen LogP contribution in [0.4, 0.5) is 0 Å². The zero-order chi connectivity index (χ0) is 44.7. The summed E-state index contributed by atoms with van der Waals surface area (Å²) in [5, 5.41) is 6.34. The van der Waals surface area contributed by atoms with Gasteiger partial charge in [-0.15, -0.1) is 0 Å². The predicted octanol–water partition coefficient (Wildman–Crippen LogP) is 14.1. The number of pyridine rings is 1. The molecule has 0 bridgehead atoms. The molecule has 5 heterocycles. The first-order chi connectivity index (χ1) is 31.2. The molecule has 1 aliphatic carbocycles. The first kappa shape index (κ1) is 40.1. The molecule has 65 heavy (non-hydrogen) atoms. The number of hydrogen-bond acceptors (Lipinski definition) is 2. The van der Waals surface area contributed by atoms with Crippen molar-refractivity contribution in [1.82, 2.24) is 23.1 Å². The van der Waals surface area contributed by atoms with Gasteiger partial charge in [0, 0.05) is 27.7 Å². The average Bonchev–Trinajstić information content (AvgIpc) is 3.99. The number of imidazole rings is 1. The molecule has 0 amide bonds. The number of hydrogen-bond donors (Lipinski definition) is 0. The van der Waals surface area contributed by atoms with Gasteiger partial charge in [0.05, 0.1) is 16.6 Å². The van der Waals surface area contributed by atoms with Gasteiger partial charge in [0.1, 0.15) is 0 Å². The summed E-state index contributed by atoms with van der Waals surface area (Å²) in [5.74, 6) is 2.37. The second kappa shape index (κ2) is 14.3. The quantitative estimate of drug-likeness (QED) is 0.161. The second-order valence-electron chi connectivity index (χ2n) is 20.0. The molecule has 0 N–H and O–H groups in total. The van der Waals surface area contributed by atoms with E-state index in [1.54, 1.807) is 0 Å². The Morgan fingerprint density at radius 1 is 0.600 bits per heavy atom. The van der Waals surface area contributed by atoms with E-state index < -0.39 is 0 Å². The van der Waals surface area contributed by atoms with E-state index >= 15 is 0 Å². The fourth-order valence-electron chi connectivity index (χ4n) is 10.1. The molecule has 6 nitrogen and oxygen atoms in total. The number of ether oxygens (including phenoxy) is 1. The van der Waals surface area contributed by atoms with Gasteiger partial charge in [0.15, 0.2) is 0 Å². The molecule has 7 heteroatoms. The summed E-state index contributed by atoms with van der Waals surface area (Å²) in [6.07, 6.45) is 7.26. The van der Waals surface area contributed by atoms with E-state index in [4.69, 9.17) is 9.72 Å². The van der Waals surface area contributed by atoms with Crippen LogP contribution in [0.5, 0.6) is 5.75 Å². The van der Waals surface area contributed by atoms with E-state index in [0.717, 1.165) is 66.5 Å². The standard InChI is InChI=1S/C58H49N5O.Pt/c1-35-24-25-59-55(26-35)62-51-31-41(22-23-43(51)46-32-47-45-16-13-15-44-42-14-9-10-17-48(42)63(56(44)45)53(47)33-52(46)62)64-54-30-39(21-20-36(54)2)60-34-61(50-19-12-11-18-49(50)60)40-28-37(57(3,4)5)27-38(29-40)58(6,7)8;/h9-21,24-29,32-33H,22-23H2,1-8H3;/q-2;. The van der Waals surface area contributed by atoms with E-state index in [2.05, 4.69) is 226 Å². The van der Waals surface area contributed by atoms with E-state index in [-0.39, 0.29) is 10.8 Å². The van der Waals surface area contributed by atoms with Crippen molar-refractivity contribution in [1.29, 1.82) is 0 Å². The van der Waals surface area contributed by atoms with Crippen LogP contribution in [0.25, 0.3) is 77.2 Å². The van der Waals surface area contributed by atoms with Crippen LogP contribution in [-0.4, -0.2) is 23.1 Å². The summed E-state index contributed by atoms with van der Waals surface area (Å²) >= 11 is 2.49. The zero-order valence-corrected chi connectivity index (χ0v) is 40.3. The molecule has 6 aromatic carbocycles. The van der Waals surface area contributed by atoms with Crippen LogP contribution in [0, 0.1) is 29.8 Å². The van der Waals surface area contributed by atoms with Gasteiger partial charge in [-0.2, -0.15) is 0 Å². The summed E-state index contributed by atoms with van der Waals surface area (Å²) in [6.45, 7) is 18.0. The SMILES string of the molecule is Cc1ccnc(-n2c3c(c4cc5c6cccc7c8ccccc8n(c5cc42)c76)CCC(Oc2[c-]c(-n4[c](=[Pt])n(-c5cc(C(C)(C)C)cc(C(C)(C)C)c5)c5ccccc54)ccc2C)=[C-]3)c1. The molecular weight excluding hydrogens is 978 g/mol. The molecule has 12 rings (SSSR count). The molecular formula is C58H49N5OPt-2. The van der Waals surface area contributed by atoms with Crippen LogP contribution in [0.3, 0.4) is 0 Å². The zero-order valence-electron chi connectivity index (χ0n) is 38.0. The molecule has 0 spiro atoms. The van der Waals surface area contributed by atoms with Crippen LogP contribution in [0.15, 0.2) is 133 Å². The normalized spacial score (nSPS) is 13.6. The van der Waals surface area contributed by atoms with Crippen molar-refractivity contribution < 1.29 is 24.1 Å². The maximum absolute atomic E-state index is 6.96. The third-order valence-corrected chi connectivity index (χ3v) is 14.6. The number of aromatic nitrogens is 5. The molecule has 0 saturated heterocycles. The molecule has 324 valence electrons. The van der Waals surface area contributed by atoms with Gasteiger partial charge in [-0.25, -0.2) is 0 Å². The van der Waals surface area contributed by atoms with Crippen molar-refractivity contribution in [3.63, 3.8) is 0 Å². The van der Waals surface area contributed by atoms with Crippen LogP contribution < -0.4 is 4.74 Å². The first-order valence-electron chi connectivity index (χ1n) is 22.6. The van der Waals surface area contributed by atoms with Crippen molar-refractivity contribution in [2.24, 2.45) is 0 Å². The van der Waals surface area contributed by atoms with Crippen molar-refractivity contribution in [2.45, 2.75) is 79.1 Å². The van der Waals surface area contributed by atoms with Gasteiger partial charge >= 0.3 is 282 Å². The van der Waals surface area contributed by atoms with Gasteiger partial charge in [0.25, 0.3) is 0 Å². The maximum atomic E-state index is 6.96. The fraction of sp³-hybridized carbons (Fsp3) is 0.207. The summed E-state index contributed by atoms with van der Waals surface area (Å²) in [4.78, 5) is 4.96. The molecule has 0 unspecified atom stereocenters. The van der Waals surface area contributed by atoms with Crippen LogP contribution in [-0.2, 0) is 36.6 Å². The second-order valence-corrected chi connectivity index (χ2v) is 21.0. The van der Waals surface area contributed by atoms with Crippen LogP contribution in [0.2, 0.25) is 0 Å². The Bertz CT molecular complexity index is 3840. The van der Waals surface area contributed by atoms with E-state index in [9.17, 15) is 0 Å². The predicted molar refractivity (Wildman–Crippen MR) is 262 cm³/mol. The van der Waals surface area contributed by atoms with Gasteiger partial charge in [-0.05, 0) is 24.6 Å². The monoisotopic (exact) mass is 1030 g/mol. The van der Waals surface area contributed by atoms with E-state index in [0.29, 0.717) is 12.2 Å². The van der Waals surface area contributed by atoms with Gasteiger partial charge in [-0.3, -0.25) is 0 Å². The number of fused-ring (bicyclic) bond motifs is 10. The number of rotatable bonds is 5. The first-order valence-corrected chi connectivity index (χ1v) is 23.7. The summed E-state index contributed by atoms with van der Waals surface area (Å²) < 4.78 is 17.5. The van der Waals surface area contributed by atoms with Crippen LogP contribution >= 0.6 is 0 Å². The average molecular weight is 1030 g/mol. The summed E-state index contributed by atoms with van der Waals surface area (Å²) in [5.41, 5.74) is 16.2. The van der Waals surface area contributed by atoms with E-state index in [1.165, 1.54) is 60.2 Å². The third kappa shape index (κ3) is 6.17. The number of para-hydroxylation sites is 4. The minimum atomic E-state index is -0.00852. The van der Waals surface area contributed by atoms with Gasteiger partial charge in [0.2, 0.25) is 0 Å². The molecule has 0 radical (unpaired) electrons.